The van der Waals surface area contributed by atoms with Crippen LogP contribution in [0, 0.1) is 30.6 Å². The third kappa shape index (κ3) is 13.7. The van der Waals surface area contributed by atoms with Crippen LogP contribution >= 0.6 is 0 Å². The number of allylic oxidation sites excluding steroid dienone is 2. The van der Waals surface area contributed by atoms with Crippen LogP contribution in [0.2, 0.25) is 19.6 Å². The van der Waals surface area contributed by atoms with Gasteiger partial charge in [-0.05, 0) is 99.4 Å². The van der Waals surface area contributed by atoms with Gasteiger partial charge >= 0.3 is 0 Å². The number of aromatic nitrogens is 1. The van der Waals surface area contributed by atoms with Gasteiger partial charge in [-0.25, -0.2) is 4.39 Å². The summed E-state index contributed by atoms with van der Waals surface area (Å²) >= 11 is 0. The fourth-order valence-electron chi connectivity index (χ4n) is 11.3. The molecule has 0 amide bonds. The topological polar surface area (TPSA) is 50.2 Å². The average Bonchev–Trinajstić information content (AvgIpc) is 3.62. The van der Waals surface area contributed by atoms with Gasteiger partial charge in [-0.1, -0.05) is 212 Å². The number of carbonyl (C=O) groups is 1. The van der Waals surface area contributed by atoms with E-state index in [-0.39, 0.29) is 54.7 Å². The normalized spacial score (nSPS) is 13.1. The Labute approximate surface area is 443 Å². The number of rotatable bonds is 24. The first kappa shape index (κ1) is 57.7. The second-order valence-electron chi connectivity index (χ2n) is 21.5. The van der Waals surface area contributed by atoms with E-state index >= 15 is 4.39 Å². The van der Waals surface area contributed by atoms with E-state index in [0.29, 0.717) is 5.39 Å². The van der Waals surface area contributed by atoms with Crippen molar-refractivity contribution in [1.82, 2.24) is 4.98 Å². The standard InChI is InChI=1S/C52H61FNSi.C13H24O2.Ir/c1-7-9-11-13-15-19-30-52(31-20-16-14-12-10-8-2)47-22-18-17-21-43(47)44-24-23-38(36-48(44)52)39-33-37(3)34-40(35-39)51-46-26-25-45-41(42(46)29-32-54-51)27-28-49(50(45)53)55(4,5)6;1-5-10(6-2)12(14)9-13(15)11(7-3)8-4;/h17-18,21-29,32-33,35-36H,7-16,19-20,30-31H2,1-6H3;9-11,14H,5-8H2,1-4H3;/q-1;;/b;12-9-;. The molecule has 3 nitrogen and oxygen atoms in total. The number of benzene rings is 5. The Hall–Kier alpha value is -4.22. The SMILES string of the molecule is CCC(CC)C(=O)/C=C(\O)C(CC)CC.CCCCCCCCC1(CCCCCCCC)c2ccccc2-c2ccc(-c3cc(C)[c-]c(-c4nccc5c4ccc4c(F)c([Si](C)(C)C)ccc45)c3)cc21.[Ir]. The maximum Gasteiger partial charge on any atom is 0.162 e. The number of halogens is 1. The van der Waals surface area contributed by atoms with E-state index in [2.05, 4.69) is 113 Å². The molecule has 6 aromatic rings. The number of nitrogens with zero attached hydrogens (tertiary/aromatic N) is 1. The minimum absolute atomic E-state index is 0. The second kappa shape index (κ2) is 27.2. The first-order chi connectivity index (χ1) is 33.8. The van der Waals surface area contributed by atoms with Gasteiger partial charge in [-0.3, -0.25) is 4.79 Å². The molecule has 0 saturated heterocycles. The fourth-order valence-corrected chi connectivity index (χ4v) is 12.7. The summed E-state index contributed by atoms with van der Waals surface area (Å²) < 4.78 is 15.9. The van der Waals surface area contributed by atoms with Gasteiger partial charge in [0.15, 0.2) is 5.78 Å². The molecule has 1 aliphatic carbocycles. The number of fused-ring (bicyclic) bond motifs is 6. The molecule has 1 aliphatic rings. The van der Waals surface area contributed by atoms with Gasteiger partial charge in [-0.2, -0.15) is 0 Å². The molecule has 6 heteroatoms. The summed E-state index contributed by atoms with van der Waals surface area (Å²) in [6, 6.07) is 35.0. The average molecular weight is 1150 g/mol. The summed E-state index contributed by atoms with van der Waals surface area (Å²) in [7, 11) is -1.82. The Morgan fingerprint density at radius 1 is 0.648 bits per heavy atom. The fraction of sp³-hybridized carbons (Fsp3) is 0.477. The molecular weight excluding hydrogens is 1070 g/mol. The van der Waals surface area contributed by atoms with E-state index in [1.54, 1.807) is 5.56 Å². The predicted octanol–water partition coefficient (Wildman–Crippen LogP) is 19.1. The summed E-state index contributed by atoms with van der Waals surface area (Å²) in [5, 5.41) is 14.3. The quantitative estimate of drug-likeness (QED) is 0.0164. The number of aliphatic hydroxyl groups is 1. The summed E-state index contributed by atoms with van der Waals surface area (Å²) in [6.45, 7) is 21.4. The van der Waals surface area contributed by atoms with Crippen molar-refractivity contribution in [2.75, 3.05) is 0 Å². The van der Waals surface area contributed by atoms with E-state index in [9.17, 15) is 9.90 Å². The van der Waals surface area contributed by atoms with Crippen LogP contribution in [0.1, 0.15) is 174 Å². The number of carbonyl (C=O) groups excluding carboxylic acids is 1. The van der Waals surface area contributed by atoms with Gasteiger partial charge < -0.3 is 10.1 Å². The van der Waals surface area contributed by atoms with E-state index in [1.807, 2.05) is 52.1 Å². The monoisotopic (exact) mass is 1150 g/mol. The zero-order chi connectivity index (χ0) is 50.4. The van der Waals surface area contributed by atoms with Crippen LogP contribution in [0.25, 0.3) is 55.1 Å². The molecule has 0 aliphatic heterocycles. The van der Waals surface area contributed by atoms with Crippen LogP contribution in [0.3, 0.4) is 0 Å². The number of aryl methyl sites for hydroxylation is 1. The van der Waals surface area contributed by atoms with Crippen molar-refractivity contribution in [3.63, 3.8) is 0 Å². The number of aliphatic hydroxyl groups excluding tert-OH is 1. The third-order valence-corrected chi connectivity index (χ3v) is 17.5. The molecule has 71 heavy (non-hydrogen) atoms. The molecule has 5 aromatic carbocycles. The summed E-state index contributed by atoms with van der Waals surface area (Å²) in [5.41, 5.74) is 11.4. The van der Waals surface area contributed by atoms with Crippen LogP contribution in [0.5, 0.6) is 0 Å². The molecule has 1 aromatic heterocycles. The van der Waals surface area contributed by atoms with Crippen molar-refractivity contribution < 1.29 is 34.4 Å². The van der Waals surface area contributed by atoms with Crippen molar-refractivity contribution in [2.24, 2.45) is 11.8 Å². The molecule has 0 unspecified atom stereocenters. The van der Waals surface area contributed by atoms with Crippen LogP contribution in [0.4, 0.5) is 4.39 Å². The molecule has 0 bridgehead atoms. The van der Waals surface area contributed by atoms with E-state index in [1.165, 1.54) is 124 Å². The van der Waals surface area contributed by atoms with Gasteiger partial charge in [0, 0.05) is 55.0 Å². The van der Waals surface area contributed by atoms with Crippen molar-refractivity contribution in [3.8, 4) is 33.5 Å². The van der Waals surface area contributed by atoms with Gasteiger partial charge in [0.1, 0.15) is 5.82 Å². The van der Waals surface area contributed by atoms with E-state index in [4.69, 9.17) is 4.98 Å². The van der Waals surface area contributed by atoms with Crippen LogP contribution in [-0.4, -0.2) is 23.9 Å². The molecular formula is C65H85FIrNO2Si-. The zero-order valence-electron chi connectivity index (χ0n) is 45.1. The van der Waals surface area contributed by atoms with Crippen molar-refractivity contribution >= 4 is 40.6 Å². The van der Waals surface area contributed by atoms with Crippen molar-refractivity contribution in [2.45, 2.75) is 189 Å². The number of ketones is 1. The Morgan fingerprint density at radius 3 is 1.83 bits per heavy atom. The molecule has 0 fully saturated rings. The zero-order valence-corrected chi connectivity index (χ0v) is 48.5. The second-order valence-corrected chi connectivity index (χ2v) is 26.5. The minimum Gasteiger partial charge on any atom is -0.512 e. The molecule has 0 atom stereocenters. The maximum absolute atomic E-state index is 15.9. The predicted molar refractivity (Wildman–Crippen MR) is 303 cm³/mol. The van der Waals surface area contributed by atoms with Gasteiger partial charge in [-0.15, -0.1) is 34.9 Å². The summed E-state index contributed by atoms with van der Waals surface area (Å²) in [4.78, 5) is 16.7. The minimum atomic E-state index is -1.82. The van der Waals surface area contributed by atoms with Crippen molar-refractivity contribution in [1.29, 1.82) is 0 Å². The summed E-state index contributed by atoms with van der Waals surface area (Å²) in [6.07, 6.45) is 25.0. The van der Waals surface area contributed by atoms with Crippen LogP contribution < -0.4 is 5.19 Å². The Kier molecular flexibility index (Phi) is 22.1. The summed E-state index contributed by atoms with van der Waals surface area (Å²) in [5.74, 6) is 0.482. The van der Waals surface area contributed by atoms with E-state index < -0.39 is 8.07 Å². The molecule has 1 heterocycles. The number of hydrogen-bond donors (Lipinski definition) is 1. The largest absolute Gasteiger partial charge is 0.512 e. The number of unbranched alkanes of at least 4 members (excludes halogenated alkanes) is 10. The smallest absolute Gasteiger partial charge is 0.162 e. The molecule has 383 valence electrons. The molecule has 1 radical (unpaired) electrons. The van der Waals surface area contributed by atoms with E-state index in [0.717, 1.165) is 63.8 Å². The Balaban J connectivity index is 0.000000508. The van der Waals surface area contributed by atoms with Gasteiger partial charge in [0.2, 0.25) is 0 Å². The maximum atomic E-state index is 15.9. The molecule has 0 spiro atoms. The number of hydrogen-bond acceptors (Lipinski definition) is 3. The van der Waals surface area contributed by atoms with Gasteiger partial charge in [0.05, 0.1) is 13.8 Å². The molecule has 7 rings (SSSR count). The van der Waals surface area contributed by atoms with Crippen LogP contribution in [0.15, 0.2) is 103 Å². The molecule has 1 N–H and O–H groups in total. The van der Waals surface area contributed by atoms with Crippen molar-refractivity contribution in [3.05, 3.63) is 132 Å². The Morgan fingerprint density at radius 2 is 1.21 bits per heavy atom. The number of pyridine rings is 1. The first-order valence-corrected chi connectivity index (χ1v) is 31.0. The first-order valence-electron chi connectivity index (χ1n) is 27.5. The third-order valence-electron chi connectivity index (χ3n) is 15.5. The molecule has 0 saturated carbocycles. The van der Waals surface area contributed by atoms with Crippen LogP contribution in [-0.2, 0) is 30.3 Å². The van der Waals surface area contributed by atoms with Gasteiger partial charge in [0.25, 0.3) is 0 Å². The Bertz CT molecular complexity index is 2690.